The third-order valence-electron chi connectivity index (χ3n) is 4.64. The van der Waals surface area contributed by atoms with E-state index in [0.717, 1.165) is 43.2 Å². The van der Waals surface area contributed by atoms with E-state index in [4.69, 9.17) is 16.3 Å². The summed E-state index contributed by atoms with van der Waals surface area (Å²) in [7, 11) is 1.53. The van der Waals surface area contributed by atoms with Gasteiger partial charge in [0.25, 0.3) is 5.69 Å². The molecule has 0 atom stereocenters. The number of ether oxygens (including phenoxy) is 1. The Morgan fingerprint density at radius 2 is 2.04 bits per heavy atom. The lowest BCUT2D eigenvalue weighted by Crippen LogP contribution is -2.38. The maximum atomic E-state index is 10.9. The molecule has 1 N–H and O–H groups in total. The van der Waals surface area contributed by atoms with E-state index in [0.29, 0.717) is 11.8 Å². The molecule has 7 heteroatoms. The molecule has 0 unspecified atom stereocenters. The molecule has 0 bridgehead atoms. The van der Waals surface area contributed by atoms with E-state index in [2.05, 4.69) is 16.3 Å². The van der Waals surface area contributed by atoms with Gasteiger partial charge in [-0.15, -0.1) is 0 Å². The van der Waals surface area contributed by atoms with E-state index in [9.17, 15) is 10.1 Å². The van der Waals surface area contributed by atoms with Gasteiger partial charge < -0.3 is 10.1 Å². The molecule has 0 aliphatic carbocycles. The number of piperidine rings is 1. The molecule has 0 saturated carbocycles. The smallest absolute Gasteiger partial charge is 0.273 e. The summed E-state index contributed by atoms with van der Waals surface area (Å²) in [5.74, 6) is 0.501. The van der Waals surface area contributed by atoms with Crippen molar-refractivity contribution in [3.8, 4) is 5.75 Å². The van der Waals surface area contributed by atoms with Crippen LogP contribution in [0.3, 0.4) is 0 Å². The number of nitrogens with zero attached hydrogens (tertiary/aromatic N) is 2. The first kappa shape index (κ1) is 18.5. The third kappa shape index (κ3) is 4.65. The van der Waals surface area contributed by atoms with Gasteiger partial charge >= 0.3 is 0 Å². The first-order chi connectivity index (χ1) is 12.5. The van der Waals surface area contributed by atoms with Gasteiger partial charge in [-0.3, -0.25) is 15.0 Å². The van der Waals surface area contributed by atoms with Crippen LogP contribution < -0.4 is 10.1 Å². The monoisotopic (exact) mass is 375 g/mol. The molecule has 1 aliphatic heterocycles. The minimum atomic E-state index is -0.416. The van der Waals surface area contributed by atoms with E-state index in [1.54, 1.807) is 6.07 Å². The van der Waals surface area contributed by atoms with Crippen LogP contribution in [0, 0.1) is 10.1 Å². The van der Waals surface area contributed by atoms with Gasteiger partial charge in [0, 0.05) is 36.8 Å². The van der Waals surface area contributed by atoms with Crippen LogP contribution in [0.2, 0.25) is 5.02 Å². The van der Waals surface area contributed by atoms with Crippen LogP contribution in [0.15, 0.2) is 42.5 Å². The molecule has 0 radical (unpaired) electrons. The molecule has 1 aliphatic rings. The van der Waals surface area contributed by atoms with Crippen molar-refractivity contribution in [1.29, 1.82) is 0 Å². The van der Waals surface area contributed by atoms with E-state index in [1.807, 2.05) is 18.2 Å². The zero-order chi connectivity index (χ0) is 18.5. The Bertz CT molecular complexity index is 776. The lowest BCUT2D eigenvalue weighted by atomic mass is 10.0. The highest BCUT2D eigenvalue weighted by molar-refractivity contribution is 6.30. The Hall–Kier alpha value is -2.31. The Morgan fingerprint density at radius 3 is 2.69 bits per heavy atom. The molecule has 0 spiro atoms. The van der Waals surface area contributed by atoms with Crippen LogP contribution in [-0.4, -0.2) is 36.1 Å². The number of hydrogen-bond donors (Lipinski definition) is 1. The summed E-state index contributed by atoms with van der Waals surface area (Å²) in [4.78, 5) is 12.9. The minimum absolute atomic E-state index is 0.0312. The van der Waals surface area contributed by atoms with Crippen molar-refractivity contribution in [1.82, 2.24) is 4.90 Å². The predicted molar refractivity (Wildman–Crippen MR) is 103 cm³/mol. The number of nitro benzene ring substituents is 1. The fourth-order valence-corrected chi connectivity index (χ4v) is 3.47. The number of nitro groups is 1. The molecule has 1 saturated heterocycles. The largest absolute Gasteiger partial charge is 0.494 e. The molecular weight excluding hydrogens is 354 g/mol. The first-order valence-corrected chi connectivity index (χ1v) is 8.98. The highest BCUT2D eigenvalue weighted by Crippen LogP contribution is 2.30. The summed E-state index contributed by atoms with van der Waals surface area (Å²) in [5, 5.41) is 15.1. The summed E-state index contributed by atoms with van der Waals surface area (Å²) in [6.45, 7) is 2.87. The lowest BCUT2D eigenvalue weighted by Gasteiger charge is -2.33. The van der Waals surface area contributed by atoms with Gasteiger partial charge in [0.1, 0.15) is 5.75 Å². The van der Waals surface area contributed by atoms with Gasteiger partial charge in [0.15, 0.2) is 0 Å². The number of likely N-dealkylation sites (tertiary alicyclic amines) is 1. The fraction of sp³-hybridized carbons (Fsp3) is 0.368. The molecule has 0 aromatic heterocycles. The fourth-order valence-electron chi connectivity index (χ4n) is 3.26. The number of benzene rings is 2. The normalized spacial score (nSPS) is 15.6. The molecule has 3 rings (SSSR count). The van der Waals surface area contributed by atoms with Crippen LogP contribution in [-0.2, 0) is 6.54 Å². The number of nitrogens with one attached hydrogen (secondary N) is 1. The second-order valence-corrected chi connectivity index (χ2v) is 6.90. The predicted octanol–water partition coefficient (Wildman–Crippen LogP) is 4.33. The van der Waals surface area contributed by atoms with Crippen molar-refractivity contribution in [3.05, 3.63) is 63.2 Å². The third-order valence-corrected chi connectivity index (χ3v) is 4.87. The van der Waals surface area contributed by atoms with Crippen LogP contribution in [0.25, 0.3) is 0 Å². The van der Waals surface area contributed by atoms with Gasteiger partial charge in [-0.1, -0.05) is 23.7 Å². The summed E-state index contributed by atoms with van der Waals surface area (Å²) in [6, 6.07) is 13.0. The van der Waals surface area contributed by atoms with Gasteiger partial charge in [0.2, 0.25) is 0 Å². The Labute approximate surface area is 157 Å². The van der Waals surface area contributed by atoms with Gasteiger partial charge in [-0.2, -0.15) is 0 Å². The van der Waals surface area contributed by atoms with E-state index >= 15 is 0 Å². The standard InChI is InChI=1S/C19H22ClN3O3/c1-26-19-12-17(23(24)25)5-6-18(19)21-16-7-9-22(10-8-16)13-14-3-2-4-15(20)11-14/h2-6,11-12,16,21H,7-10,13H2,1H3. The summed E-state index contributed by atoms with van der Waals surface area (Å²) in [5.41, 5.74) is 2.05. The first-order valence-electron chi connectivity index (χ1n) is 8.61. The van der Waals surface area contributed by atoms with Crippen LogP contribution >= 0.6 is 11.6 Å². The molecule has 26 heavy (non-hydrogen) atoms. The van der Waals surface area contributed by atoms with Crippen molar-refractivity contribution >= 4 is 23.0 Å². The molecule has 1 fully saturated rings. The molecular formula is C19H22ClN3O3. The lowest BCUT2D eigenvalue weighted by molar-refractivity contribution is -0.384. The summed E-state index contributed by atoms with van der Waals surface area (Å²) < 4.78 is 5.30. The molecule has 2 aromatic rings. The number of halogens is 1. The maximum Gasteiger partial charge on any atom is 0.273 e. The maximum absolute atomic E-state index is 10.9. The molecule has 1 heterocycles. The number of anilines is 1. The minimum Gasteiger partial charge on any atom is -0.494 e. The number of rotatable bonds is 6. The van der Waals surface area contributed by atoms with Crippen molar-refractivity contribution in [2.45, 2.75) is 25.4 Å². The number of hydrogen-bond acceptors (Lipinski definition) is 5. The number of methoxy groups -OCH3 is 1. The highest BCUT2D eigenvalue weighted by Gasteiger charge is 2.21. The van der Waals surface area contributed by atoms with E-state index in [-0.39, 0.29) is 5.69 Å². The Kier molecular flexibility index (Phi) is 5.96. The Morgan fingerprint density at radius 1 is 1.27 bits per heavy atom. The van der Waals surface area contributed by atoms with Gasteiger partial charge in [-0.05, 0) is 36.6 Å². The summed E-state index contributed by atoms with van der Waals surface area (Å²) >= 11 is 6.05. The van der Waals surface area contributed by atoms with Crippen molar-refractivity contribution in [2.24, 2.45) is 0 Å². The highest BCUT2D eigenvalue weighted by atomic mass is 35.5. The van der Waals surface area contributed by atoms with Crippen molar-refractivity contribution < 1.29 is 9.66 Å². The van der Waals surface area contributed by atoms with Crippen LogP contribution in [0.1, 0.15) is 18.4 Å². The molecule has 2 aromatic carbocycles. The second kappa shape index (κ2) is 8.38. The van der Waals surface area contributed by atoms with Crippen LogP contribution in [0.5, 0.6) is 5.75 Å². The van der Waals surface area contributed by atoms with Crippen molar-refractivity contribution in [3.63, 3.8) is 0 Å². The second-order valence-electron chi connectivity index (χ2n) is 6.47. The zero-order valence-corrected chi connectivity index (χ0v) is 15.4. The Balaban J connectivity index is 1.56. The zero-order valence-electron chi connectivity index (χ0n) is 14.7. The molecule has 6 nitrogen and oxygen atoms in total. The average Bonchev–Trinajstić information content (AvgIpc) is 2.63. The topological polar surface area (TPSA) is 67.6 Å². The SMILES string of the molecule is COc1cc([N+](=O)[O-])ccc1NC1CCN(Cc2cccc(Cl)c2)CC1. The quantitative estimate of drug-likeness (QED) is 0.601. The molecule has 138 valence electrons. The number of non-ortho nitro benzene ring substituents is 1. The van der Waals surface area contributed by atoms with Gasteiger partial charge in [-0.25, -0.2) is 0 Å². The van der Waals surface area contributed by atoms with E-state index in [1.165, 1.54) is 24.8 Å². The van der Waals surface area contributed by atoms with Gasteiger partial charge in [0.05, 0.1) is 23.8 Å². The van der Waals surface area contributed by atoms with E-state index < -0.39 is 4.92 Å². The summed E-state index contributed by atoms with van der Waals surface area (Å²) in [6.07, 6.45) is 2.00. The molecule has 0 amide bonds. The van der Waals surface area contributed by atoms with Crippen LogP contribution in [0.4, 0.5) is 11.4 Å². The van der Waals surface area contributed by atoms with Crippen molar-refractivity contribution in [2.75, 3.05) is 25.5 Å². The average molecular weight is 376 g/mol.